The van der Waals surface area contributed by atoms with Gasteiger partial charge in [-0.15, -0.1) is 0 Å². The van der Waals surface area contributed by atoms with Crippen molar-refractivity contribution in [3.63, 3.8) is 0 Å². The molecule has 1 aromatic heterocycles. The Morgan fingerprint density at radius 2 is 2.10 bits per heavy atom. The lowest BCUT2D eigenvalue weighted by atomic mass is 10.0. The Morgan fingerprint density at radius 3 is 2.75 bits per heavy atom. The summed E-state index contributed by atoms with van der Waals surface area (Å²) < 4.78 is 2.69. The van der Waals surface area contributed by atoms with Crippen LogP contribution in [0, 0.1) is 6.92 Å². The molecule has 0 aliphatic heterocycles. The Balaban J connectivity index is 2.32. The van der Waals surface area contributed by atoms with Crippen molar-refractivity contribution in [1.82, 2.24) is 9.78 Å². The molecule has 1 unspecified atom stereocenters. The Bertz CT molecular complexity index is 628. The second-order valence-electron chi connectivity index (χ2n) is 4.55. The standard InChI is InChI=1S/C14H15BrCl2N2O/c1-3-19-12(14(17)8(2)18-19)7-13(20)10-6-9(15)4-5-11(10)16/h4-6,13,20H,3,7H2,1-2H3. The lowest BCUT2D eigenvalue weighted by Crippen LogP contribution is -2.09. The molecule has 0 fully saturated rings. The summed E-state index contributed by atoms with van der Waals surface area (Å²) in [5.74, 6) is 0. The van der Waals surface area contributed by atoms with Gasteiger partial charge in [0, 0.05) is 28.0 Å². The fourth-order valence-corrected chi connectivity index (χ4v) is 2.96. The minimum Gasteiger partial charge on any atom is -0.388 e. The Labute approximate surface area is 136 Å². The molecule has 3 nitrogen and oxygen atoms in total. The second-order valence-corrected chi connectivity index (χ2v) is 6.25. The van der Waals surface area contributed by atoms with E-state index in [0.29, 0.717) is 28.6 Å². The average Bonchev–Trinajstić information content (AvgIpc) is 2.69. The molecular formula is C14H15BrCl2N2O. The Morgan fingerprint density at radius 1 is 1.40 bits per heavy atom. The van der Waals surface area contributed by atoms with Crippen LogP contribution in [0.15, 0.2) is 22.7 Å². The normalized spacial score (nSPS) is 12.7. The molecule has 1 N–H and O–H groups in total. The first-order chi connectivity index (χ1) is 9.43. The van der Waals surface area contributed by atoms with E-state index >= 15 is 0 Å². The summed E-state index contributed by atoms with van der Waals surface area (Å²) in [7, 11) is 0. The molecule has 6 heteroatoms. The van der Waals surface area contributed by atoms with Crippen LogP contribution in [0.2, 0.25) is 10.0 Å². The van der Waals surface area contributed by atoms with Crippen molar-refractivity contribution in [2.45, 2.75) is 32.9 Å². The van der Waals surface area contributed by atoms with E-state index in [-0.39, 0.29) is 0 Å². The van der Waals surface area contributed by atoms with E-state index in [2.05, 4.69) is 21.0 Å². The molecule has 0 aliphatic rings. The summed E-state index contributed by atoms with van der Waals surface area (Å²) in [6.07, 6.45) is -0.345. The van der Waals surface area contributed by atoms with Gasteiger partial charge in [-0.3, -0.25) is 4.68 Å². The molecule has 0 saturated heterocycles. The number of rotatable bonds is 4. The number of halogens is 3. The van der Waals surface area contributed by atoms with Crippen molar-refractivity contribution >= 4 is 39.1 Å². The second kappa shape index (κ2) is 6.48. The van der Waals surface area contributed by atoms with Crippen LogP contribution in [0.1, 0.15) is 30.0 Å². The summed E-state index contributed by atoms with van der Waals surface area (Å²) in [5.41, 5.74) is 2.28. The van der Waals surface area contributed by atoms with Gasteiger partial charge in [-0.25, -0.2) is 0 Å². The number of aromatic nitrogens is 2. The van der Waals surface area contributed by atoms with Gasteiger partial charge in [-0.2, -0.15) is 5.10 Å². The zero-order valence-corrected chi connectivity index (χ0v) is 14.3. The van der Waals surface area contributed by atoms with Crippen molar-refractivity contribution in [2.24, 2.45) is 0 Å². The molecule has 2 aromatic rings. The van der Waals surface area contributed by atoms with Crippen LogP contribution in [-0.4, -0.2) is 14.9 Å². The predicted molar refractivity (Wildman–Crippen MR) is 85.5 cm³/mol. The van der Waals surface area contributed by atoms with E-state index in [4.69, 9.17) is 23.2 Å². The number of aliphatic hydroxyl groups is 1. The third-order valence-corrected chi connectivity index (χ3v) is 4.49. The summed E-state index contributed by atoms with van der Waals surface area (Å²) in [6.45, 7) is 4.56. The van der Waals surface area contributed by atoms with Crippen molar-refractivity contribution in [1.29, 1.82) is 0 Å². The van der Waals surface area contributed by atoms with E-state index < -0.39 is 6.10 Å². The minimum atomic E-state index is -0.723. The predicted octanol–water partition coefficient (Wildman–Crippen LogP) is 4.56. The molecule has 108 valence electrons. The third kappa shape index (κ3) is 3.19. The Hall–Kier alpha value is -0.550. The van der Waals surface area contributed by atoms with E-state index in [1.807, 2.05) is 30.7 Å². The van der Waals surface area contributed by atoms with Crippen molar-refractivity contribution < 1.29 is 5.11 Å². The number of nitrogens with zero attached hydrogens (tertiary/aromatic N) is 2. The molecule has 0 spiro atoms. The van der Waals surface area contributed by atoms with Crippen molar-refractivity contribution in [3.8, 4) is 0 Å². The number of hydrogen-bond donors (Lipinski definition) is 1. The molecule has 2 rings (SSSR count). The molecule has 0 aliphatic carbocycles. The summed E-state index contributed by atoms with van der Waals surface area (Å²) in [4.78, 5) is 0. The van der Waals surface area contributed by atoms with Gasteiger partial charge in [0.2, 0.25) is 0 Å². The van der Waals surface area contributed by atoms with E-state index in [1.54, 1.807) is 6.07 Å². The molecule has 0 radical (unpaired) electrons. The van der Waals surface area contributed by atoms with Crippen LogP contribution in [-0.2, 0) is 13.0 Å². The first kappa shape index (κ1) is 15.8. The van der Waals surface area contributed by atoms with Gasteiger partial charge >= 0.3 is 0 Å². The van der Waals surface area contributed by atoms with Crippen molar-refractivity contribution in [2.75, 3.05) is 0 Å². The number of hydrogen-bond acceptors (Lipinski definition) is 2. The van der Waals surface area contributed by atoms with Crippen LogP contribution in [0.25, 0.3) is 0 Å². The fourth-order valence-electron chi connectivity index (χ4n) is 2.13. The van der Waals surface area contributed by atoms with Crippen LogP contribution in [0.3, 0.4) is 0 Å². The van der Waals surface area contributed by atoms with Gasteiger partial charge in [-0.1, -0.05) is 39.1 Å². The third-order valence-electron chi connectivity index (χ3n) is 3.16. The first-order valence-corrected chi connectivity index (χ1v) is 7.83. The lowest BCUT2D eigenvalue weighted by molar-refractivity contribution is 0.175. The van der Waals surface area contributed by atoms with E-state index in [1.165, 1.54) is 0 Å². The molecule has 1 aromatic carbocycles. The smallest absolute Gasteiger partial charge is 0.0860 e. The first-order valence-electron chi connectivity index (χ1n) is 6.28. The quantitative estimate of drug-likeness (QED) is 0.848. The van der Waals surface area contributed by atoms with E-state index in [9.17, 15) is 5.11 Å². The maximum Gasteiger partial charge on any atom is 0.0860 e. The highest BCUT2D eigenvalue weighted by Gasteiger charge is 2.19. The highest BCUT2D eigenvalue weighted by Crippen LogP contribution is 2.31. The summed E-state index contributed by atoms with van der Waals surface area (Å²) in [5, 5.41) is 15.9. The fraction of sp³-hybridized carbons (Fsp3) is 0.357. The molecule has 0 amide bonds. The van der Waals surface area contributed by atoms with E-state index in [0.717, 1.165) is 15.9 Å². The Kier molecular flexibility index (Phi) is 5.13. The zero-order chi connectivity index (χ0) is 14.9. The topological polar surface area (TPSA) is 38.0 Å². The van der Waals surface area contributed by atoms with Gasteiger partial charge in [-0.05, 0) is 32.0 Å². The average molecular weight is 378 g/mol. The number of benzene rings is 1. The van der Waals surface area contributed by atoms with Crippen LogP contribution < -0.4 is 0 Å². The molecular weight excluding hydrogens is 363 g/mol. The monoisotopic (exact) mass is 376 g/mol. The van der Waals surface area contributed by atoms with Crippen LogP contribution in [0.5, 0.6) is 0 Å². The van der Waals surface area contributed by atoms with Gasteiger partial charge in [0.25, 0.3) is 0 Å². The number of aliphatic hydroxyl groups excluding tert-OH is 1. The summed E-state index contributed by atoms with van der Waals surface area (Å²) in [6, 6.07) is 5.42. The molecule has 20 heavy (non-hydrogen) atoms. The maximum atomic E-state index is 10.4. The molecule has 0 saturated carbocycles. The summed E-state index contributed by atoms with van der Waals surface area (Å²) >= 11 is 15.8. The minimum absolute atomic E-state index is 0.379. The zero-order valence-electron chi connectivity index (χ0n) is 11.2. The molecule has 1 atom stereocenters. The SMILES string of the molecule is CCn1nc(C)c(Cl)c1CC(O)c1cc(Br)ccc1Cl. The molecule has 1 heterocycles. The van der Waals surface area contributed by atoms with Gasteiger partial charge in [0.1, 0.15) is 0 Å². The highest BCUT2D eigenvalue weighted by atomic mass is 79.9. The van der Waals surface area contributed by atoms with Crippen molar-refractivity contribution in [3.05, 3.63) is 49.7 Å². The van der Waals surface area contributed by atoms with Gasteiger partial charge in [0.05, 0.1) is 22.5 Å². The van der Waals surface area contributed by atoms with Gasteiger partial charge in [0.15, 0.2) is 0 Å². The maximum absolute atomic E-state index is 10.4. The largest absolute Gasteiger partial charge is 0.388 e. The van der Waals surface area contributed by atoms with Crippen LogP contribution >= 0.6 is 39.1 Å². The lowest BCUT2D eigenvalue weighted by Gasteiger charge is -2.14. The molecule has 0 bridgehead atoms. The number of aryl methyl sites for hydroxylation is 2. The van der Waals surface area contributed by atoms with Gasteiger partial charge < -0.3 is 5.11 Å². The highest BCUT2D eigenvalue weighted by molar-refractivity contribution is 9.10. The van der Waals surface area contributed by atoms with Crippen LogP contribution in [0.4, 0.5) is 0 Å².